The van der Waals surface area contributed by atoms with Gasteiger partial charge in [0.2, 0.25) is 0 Å². The summed E-state index contributed by atoms with van der Waals surface area (Å²) in [4.78, 5) is 0. The van der Waals surface area contributed by atoms with Gasteiger partial charge in [0.1, 0.15) is 0 Å². The number of ether oxygens (including phenoxy) is 2. The van der Waals surface area contributed by atoms with Crippen molar-refractivity contribution in [3.63, 3.8) is 0 Å². The van der Waals surface area contributed by atoms with Crippen molar-refractivity contribution in [2.45, 2.75) is 26.2 Å². The van der Waals surface area contributed by atoms with Crippen LogP contribution in [0.3, 0.4) is 0 Å². The molecule has 0 atom stereocenters. The molecule has 0 heterocycles. The molecule has 0 fully saturated rings. The van der Waals surface area contributed by atoms with Crippen LogP contribution in [-0.2, 0) is 9.47 Å². The highest BCUT2D eigenvalue weighted by Crippen LogP contribution is 1.83. The fraction of sp³-hybridized carbons (Fsp3) is 1.00. The van der Waals surface area contributed by atoms with Crippen molar-refractivity contribution in [2.24, 2.45) is 5.73 Å². The molecule has 0 rings (SSSR count). The molecule has 92 valence electrons. The Bertz CT molecular complexity index is 101. The van der Waals surface area contributed by atoms with Crippen LogP contribution in [0.4, 0.5) is 0 Å². The summed E-state index contributed by atoms with van der Waals surface area (Å²) in [6.45, 7) is 7.78. The maximum absolute atomic E-state index is 5.38. The summed E-state index contributed by atoms with van der Waals surface area (Å²) in [7, 11) is 0. The number of hydrogen-bond acceptors (Lipinski definition) is 4. The number of nitrogens with one attached hydrogen (secondary N) is 1. The van der Waals surface area contributed by atoms with Crippen molar-refractivity contribution < 1.29 is 9.47 Å². The first kappa shape index (κ1) is 14.8. The summed E-state index contributed by atoms with van der Waals surface area (Å²) in [6, 6.07) is 0. The molecule has 3 N–H and O–H groups in total. The molecule has 0 aromatic rings. The van der Waals surface area contributed by atoms with Gasteiger partial charge in [0.25, 0.3) is 0 Å². The predicted octanol–water partition coefficient (Wildman–Crippen LogP) is 0.758. The first-order valence-corrected chi connectivity index (χ1v) is 5.98. The van der Waals surface area contributed by atoms with E-state index in [2.05, 4.69) is 12.2 Å². The lowest BCUT2D eigenvalue weighted by Crippen LogP contribution is -2.21. The molecule has 0 aliphatic rings. The highest BCUT2D eigenvalue weighted by molar-refractivity contribution is 4.45. The molecule has 0 aromatic heterocycles. The zero-order chi connectivity index (χ0) is 11.2. The predicted molar refractivity (Wildman–Crippen MR) is 63.1 cm³/mol. The van der Waals surface area contributed by atoms with Crippen molar-refractivity contribution in [3.05, 3.63) is 0 Å². The number of rotatable bonds is 12. The van der Waals surface area contributed by atoms with Gasteiger partial charge in [-0.2, -0.15) is 0 Å². The molecule has 0 aliphatic carbocycles. The molecule has 0 saturated heterocycles. The minimum Gasteiger partial charge on any atom is -0.379 e. The number of unbranched alkanes of at least 4 members (excludes halogenated alkanes) is 1. The first-order valence-electron chi connectivity index (χ1n) is 5.98. The molecule has 4 heteroatoms. The lowest BCUT2D eigenvalue weighted by Gasteiger charge is -2.06. The molecule has 0 radical (unpaired) electrons. The minimum absolute atomic E-state index is 0.676. The van der Waals surface area contributed by atoms with Gasteiger partial charge in [-0.1, -0.05) is 13.3 Å². The van der Waals surface area contributed by atoms with Gasteiger partial charge < -0.3 is 20.5 Å². The van der Waals surface area contributed by atoms with Gasteiger partial charge in [-0.25, -0.2) is 0 Å². The SMILES string of the molecule is CCCCNCCOCCOCCCN. The second kappa shape index (κ2) is 13.8. The van der Waals surface area contributed by atoms with Gasteiger partial charge in [-0.3, -0.25) is 0 Å². The molecular weight excluding hydrogens is 192 g/mol. The van der Waals surface area contributed by atoms with E-state index in [0.29, 0.717) is 19.8 Å². The molecule has 0 unspecified atom stereocenters. The van der Waals surface area contributed by atoms with Crippen LogP contribution in [0.2, 0.25) is 0 Å². The Balaban J connectivity index is 2.81. The van der Waals surface area contributed by atoms with Crippen LogP contribution in [0.15, 0.2) is 0 Å². The molecule has 0 bridgehead atoms. The van der Waals surface area contributed by atoms with E-state index < -0.39 is 0 Å². The number of hydrogen-bond donors (Lipinski definition) is 2. The van der Waals surface area contributed by atoms with Gasteiger partial charge in [0, 0.05) is 13.2 Å². The van der Waals surface area contributed by atoms with Crippen molar-refractivity contribution in [2.75, 3.05) is 46.1 Å². The molecule has 0 aromatic carbocycles. The molecule has 0 spiro atoms. The third kappa shape index (κ3) is 13.8. The smallest absolute Gasteiger partial charge is 0.0701 e. The van der Waals surface area contributed by atoms with E-state index in [1.807, 2.05) is 0 Å². The van der Waals surface area contributed by atoms with Crippen molar-refractivity contribution in [1.82, 2.24) is 5.32 Å². The normalized spacial score (nSPS) is 10.8. The van der Waals surface area contributed by atoms with E-state index in [-0.39, 0.29) is 0 Å². The zero-order valence-electron chi connectivity index (χ0n) is 9.96. The summed E-state index contributed by atoms with van der Waals surface area (Å²) in [5.41, 5.74) is 5.33. The molecule has 0 aliphatic heterocycles. The van der Waals surface area contributed by atoms with Gasteiger partial charge in [-0.15, -0.1) is 0 Å². The second-order valence-corrected chi connectivity index (χ2v) is 3.47. The monoisotopic (exact) mass is 218 g/mol. The van der Waals surface area contributed by atoms with Gasteiger partial charge in [-0.05, 0) is 25.9 Å². The van der Waals surface area contributed by atoms with Crippen LogP contribution in [-0.4, -0.2) is 46.1 Å². The summed E-state index contributed by atoms with van der Waals surface area (Å²) in [5.74, 6) is 0. The lowest BCUT2D eigenvalue weighted by molar-refractivity contribution is 0.0485. The van der Waals surface area contributed by atoms with Crippen LogP contribution in [0, 0.1) is 0 Å². The van der Waals surface area contributed by atoms with Crippen molar-refractivity contribution in [1.29, 1.82) is 0 Å². The highest BCUT2D eigenvalue weighted by atomic mass is 16.5. The third-order valence-electron chi connectivity index (χ3n) is 2.00. The lowest BCUT2D eigenvalue weighted by atomic mass is 10.3. The van der Waals surface area contributed by atoms with Crippen molar-refractivity contribution in [3.8, 4) is 0 Å². The van der Waals surface area contributed by atoms with E-state index >= 15 is 0 Å². The van der Waals surface area contributed by atoms with Gasteiger partial charge in [0.15, 0.2) is 0 Å². The third-order valence-corrected chi connectivity index (χ3v) is 2.00. The van der Waals surface area contributed by atoms with E-state index in [1.165, 1.54) is 12.8 Å². The van der Waals surface area contributed by atoms with E-state index in [4.69, 9.17) is 15.2 Å². The Morgan fingerprint density at radius 1 is 0.933 bits per heavy atom. The molecule has 15 heavy (non-hydrogen) atoms. The minimum atomic E-state index is 0.676. The van der Waals surface area contributed by atoms with E-state index in [1.54, 1.807) is 0 Å². The maximum Gasteiger partial charge on any atom is 0.0701 e. The molecule has 0 amide bonds. The average molecular weight is 218 g/mol. The first-order chi connectivity index (χ1) is 7.41. The van der Waals surface area contributed by atoms with Crippen molar-refractivity contribution >= 4 is 0 Å². The Morgan fingerprint density at radius 3 is 2.33 bits per heavy atom. The molecule has 4 nitrogen and oxygen atoms in total. The largest absolute Gasteiger partial charge is 0.379 e. The van der Waals surface area contributed by atoms with Crippen LogP contribution in [0.5, 0.6) is 0 Å². The second-order valence-electron chi connectivity index (χ2n) is 3.47. The Labute approximate surface area is 93.5 Å². The van der Waals surface area contributed by atoms with Crippen LogP contribution < -0.4 is 11.1 Å². The van der Waals surface area contributed by atoms with Gasteiger partial charge >= 0.3 is 0 Å². The maximum atomic E-state index is 5.38. The molecule has 0 saturated carbocycles. The van der Waals surface area contributed by atoms with E-state index in [0.717, 1.165) is 32.7 Å². The standard InChI is InChI=1S/C11H26N2O2/c1-2-3-6-13-7-9-15-11-10-14-8-4-5-12/h13H,2-12H2,1H3. The number of nitrogens with two attached hydrogens (primary N) is 1. The average Bonchev–Trinajstić information content (AvgIpc) is 2.26. The summed E-state index contributed by atoms with van der Waals surface area (Å²) >= 11 is 0. The summed E-state index contributed by atoms with van der Waals surface area (Å²) in [5, 5.41) is 3.32. The molecular formula is C11H26N2O2. The van der Waals surface area contributed by atoms with Crippen LogP contribution in [0.25, 0.3) is 0 Å². The highest BCUT2D eigenvalue weighted by Gasteiger charge is 1.90. The summed E-state index contributed by atoms with van der Waals surface area (Å²) in [6.07, 6.45) is 3.41. The van der Waals surface area contributed by atoms with E-state index in [9.17, 15) is 0 Å². The zero-order valence-corrected chi connectivity index (χ0v) is 9.96. The Hall–Kier alpha value is -0.160. The van der Waals surface area contributed by atoms with Gasteiger partial charge in [0.05, 0.1) is 19.8 Å². The fourth-order valence-electron chi connectivity index (χ4n) is 1.08. The summed E-state index contributed by atoms with van der Waals surface area (Å²) < 4.78 is 10.7. The van der Waals surface area contributed by atoms with Crippen LogP contribution in [0.1, 0.15) is 26.2 Å². The topological polar surface area (TPSA) is 56.5 Å². The fourth-order valence-corrected chi connectivity index (χ4v) is 1.08. The van der Waals surface area contributed by atoms with Crippen LogP contribution >= 0.6 is 0 Å². The Kier molecular flexibility index (Phi) is 13.7. The Morgan fingerprint density at radius 2 is 1.67 bits per heavy atom. The quantitative estimate of drug-likeness (QED) is 0.475.